The molecule has 1 N–H and O–H groups in total. The summed E-state index contributed by atoms with van der Waals surface area (Å²) in [5.41, 5.74) is 4.36. The molecule has 4 rings (SSSR count). The highest BCUT2D eigenvalue weighted by Gasteiger charge is 2.21. The molecule has 1 aromatic heterocycles. The zero-order valence-electron chi connectivity index (χ0n) is 17.8. The van der Waals surface area contributed by atoms with Crippen LogP contribution in [0.15, 0.2) is 77.6 Å². The number of carbonyl (C=O) groups is 1. The van der Waals surface area contributed by atoms with Crippen LogP contribution in [0.5, 0.6) is 5.75 Å². The van der Waals surface area contributed by atoms with E-state index < -0.39 is 0 Å². The summed E-state index contributed by atoms with van der Waals surface area (Å²) in [5.74, 6) is 0.539. The molecule has 0 bridgehead atoms. The SMILES string of the molecule is COc1ccc(N(Cc2cc3ccc(C)cc3[nH]c2=O)C(=O)c2ccccc2C)cc1. The highest BCUT2D eigenvalue weighted by Crippen LogP contribution is 2.24. The van der Waals surface area contributed by atoms with E-state index in [9.17, 15) is 9.59 Å². The molecule has 0 unspecified atom stereocenters. The number of nitrogens with one attached hydrogen (secondary N) is 1. The van der Waals surface area contributed by atoms with E-state index in [1.165, 1.54) is 0 Å². The smallest absolute Gasteiger partial charge is 0.258 e. The standard InChI is InChI=1S/C26H24N2O3/c1-17-8-9-19-15-20(25(29)27-24(19)14-17)16-28(21-10-12-22(31-3)13-11-21)26(30)23-7-5-4-6-18(23)2/h4-15H,16H2,1-3H3,(H,27,29). The van der Waals surface area contributed by atoms with Gasteiger partial charge in [0, 0.05) is 22.3 Å². The quantitative estimate of drug-likeness (QED) is 0.502. The van der Waals surface area contributed by atoms with Gasteiger partial charge in [-0.1, -0.05) is 30.3 Å². The minimum absolute atomic E-state index is 0.151. The summed E-state index contributed by atoms with van der Waals surface area (Å²) in [7, 11) is 1.60. The molecule has 1 heterocycles. The monoisotopic (exact) mass is 412 g/mol. The Labute approximate surface area is 180 Å². The van der Waals surface area contributed by atoms with Crippen molar-refractivity contribution in [2.75, 3.05) is 12.0 Å². The van der Waals surface area contributed by atoms with Crippen LogP contribution in [0, 0.1) is 13.8 Å². The van der Waals surface area contributed by atoms with Crippen molar-refractivity contribution in [1.29, 1.82) is 0 Å². The third kappa shape index (κ3) is 4.21. The van der Waals surface area contributed by atoms with Crippen LogP contribution >= 0.6 is 0 Å². The van der Waals surface area contributed by atoms with Crippen molar-refractivity contribution in [3.8, 4) is 5.75 Å². The Kier molecular flexibility index (Phi) is 5.58. The first-order valence-electron chi connectivity index (χ1n) is 10.1. The summed E-state index contributed by atoms with van der Waals surface area (Å²) in [4.78, 5) is 30.9. The minimum atomic E-state index is -0.200. The summed E-state index contributed by atoms with van der Waals surface area (Å²) in [6.45, 7) is 4.04. The van der Waals surface area contributed by atoms with E-state index in [1.54, 1.807) is 24.1 Å². The number of hydrogen-bond donors (Lipinski definition) is 1. The highest BCUT2D eigenvalue weighted by atomic mass is 16.5. The molecule has 1 amide bonds. The van der Waals surface area contributed by atoms with E-state index >= 15 is 0 Å². The third-order valence-electron chi connectivity index (χ3n) is 5.41. The number of fused-ring (bicyclic) bond motifs is 1. The van der Waals surface area contributed by atoms with Gasteiger partial charge in [0.25, 0.3) is 11.5 Å². The molecule has 5 heteroatoms. The molecule has 0 aliphatic carbocycles. The molecule has 4 aromatic rings. The van der Waals surface area contributed by atoms with Crippen LogP contribution in [0.4, 0.5) is 5.69 Å². The molecule has 0 radical (unpaired) electrons. The number of pyridine rings is 1. The summed E-state index contributed by atoms with van der Waals surface area (Å²) >= 11 is 0. The van der Waals surface area contributed by atoms with Gasteiger partial charge in [-0.2, -0.15) is 0 Å². The fourth-order valence-electron chi connectivity index (χ4n) is 3.65. The molecule has 0 atom stereocenters. The Morgan fingerprint density at radius 1 is 0.968 bits per heavy atom. The summed E-state index contributed by atoms with van der Waals surface area (Å²) in [6, 6.07) is 22.5. The molecule has 0 saturated heterocycles. The van der Waals surface area contributed by atoms with Crippen molar-refractivity contribution < 1.29 is 9.53 Å². The number of anilines is 1. The van der Waals surface area contributed by atoms with E-state index in [0.29, 0.717) is 22.6 Å². The first-order chi connectivity index (χ1) is 15.0. The van der Waals surface area contributed by atoms with Gasteiger partial charge in [0.2, 0.25) is 0 Å². The summed E-state index contributed by atoms with van der Waals surface area (Å²) in [6.07, 6.45) is 0. The topological polar surface area (TPSA) is 62.4 Å². The molecule has 0 aliphatic heterocycles. The number of carbonyl (C=O) groups excluding carboxylic acids is 1. The average Bonchev–Trinajstić information content (AvgIpc) is 2.78. The zero-order valence-corrected chi connectivity index (χ0v) is 17.8. The second-order valence-electron chi connectivity index (χ2n) is 7.62. The Balaban J connectivity index is 1.79. The molecule has 3 aromatic carbocycles. The second kappa shape index (κ2) is 8.48. The lowest BCUT2D eigenvalue weighted by Crippen LogP contribution is -2.33. The maximum Gasteiger partial charge on any atom is 0.258 e. The number of amides is 1. The number of aryl methyl sites for hydroxylation is 2. The fraction of sp³-hybridized carbons (Fsp3) is 0.154. The first-order valence-corrected chi connectivity index (χ1v) is 10.1. The lowest BCUT2D eigenvalue weighted by Gasteiger charge is -2.24. The van der Waals surface area contributed by atoms with Crippen molar-refractivity contribution in [3.05, 3.63) is 105 Å². The molecule has 31 heavy (non-hydrogen) atoms. The first kappa shape index (κ1) is 20.4. The van der Waals surface area contributed by atoms with E-state index in [0.717, 1.165) is 22.0 Å². The van der Waals surface area contributed by atoms with E-state index in [4.69, 9.17) is 4.74 Å². The number of nitrogens with zero attached hydrogens (tertiary/aromatic N) is 1. The number of aromatic nitrogens is 1. The minimum Gasteiger partial charge on any atom is -0.497 e. The van der Waals surface area contributed by atoms with Crippen LogP contribution in [0.1, 0.15) is 27.0 Å². The predicted octanol–water partition coefficient (Wildman–Crippen LogP) is 5.00. The molecule has 156 valence electrons. The normalized spacial score (nSPS) is 10.8. The van der Waals surface area contributed by atoms with Gasteiger partial charge >= 0.3 is 0 Å². The predicted molar refractivity (Wildman–Crippen MR) is 124 cm³/mol. The molecule has 0 aliphatic rings. The lowest BCUT2D eigenvalue weighted by molar-refractivity contribution is 0.0984. The number of aromatic amines is 1. The van der Waals surface area contributed by atoms with Gasteiger partial charge in [-0.15, -0.1) is 0 Å². The van der Waals surface area contributed by atoms with Gasteiger partial charge in [0.1, 0.15) is 5.75 Å². The van der Waals surface area contributed by atoms with Gasteiger partial charge in [-0.05, 0) is 72.8 Å². The largest absolute Gasteiger partial charge is 0.497 e. The Morgan fingerprint density at radius 2 is 1.71 bits per heavy atom. The van der Waals surface area contributed by atoms with Gasteiger partial charge in [-0.25, -0.2) is 0 Å². The van der Waals surface area contributed by atoms with Crippen LogP contribution in [-0.2, 0) is 6.54 Å². The molecule has 5 nitrogen and oxygen atoms in total. The van der Waals surface area contributed by atoms with Crippen molar-refractivity contribution >= 4 is 22.5 Å². The number of hydrogen-bond acceptors (Lipinski definition) is 3. The van der Waals surface area contributed by atoms with Crippen LogP contribution in [0.3, 0.4) is 0 Å². The fourth-order valence-corrected chi connectivity index (χ4v) is 3.65. The van der Waals surface area contributed by atoms with Gasteiger partial charge < -0.3 is 14.6 Å². The summed E-state index contributed by atoms with van der Waals surface area (Å²) in [5, 5.41) is 0.929. The number of rotatable bonds is 5. The lowest BCUT2D eigenvalue weighted by atomic mass is 10.1. The van der Waals surface area contributed by atoms with Crippen LogP contribution in [0.2, 0.25) is 0 Å². The summed E-state index contributed by atoms with van der Waals surface area (Å²) < 4.78 is 5.25. The Morgan fingerprint density at radius 3 is 2.42 bits per heavy atom. The molecular formula is C26H24N2O3. The maximum atomic E-state index is 13.5. The van der Waals surface area contributed by atoms with Crippen LogP contribution in [0.25, 0.3) is 10.9 Å². The molecule has 0 spiro atoms. The Bertz CT molecular complexity index is 1310. The Hall–Kier alpha value is -3.86. The van der Waals surface area contributed by atoms with E-state index in [-0.39, 0.29) is 18.0 Å². The molecule has 0 saturated carbocycles. The maximum absolute atomic E-state index is 13.5. The van der Waals surface area contributed by atoms with Gasteiger partial charge in [0.15, 0.2) is 0 Å². The van der Waals surface area contributed by atoms with Crippen LogP contribution in [-0.4, -0.2) is 18.0 Å². The zero-order chi connectivity index (χ0) is 22.0. The van der Waals surface area contributed by atoms with Crippen molar-refractivity contribution in [1.82, 2.24) is 4.98 Å². The van der Waals surface area contributed by atoms with Crippen molar-refractivity contribution in [2.24, 2.45) is 0 Å². The van der Waals surface area contributed by atoms with Crippen molar-refractivity contribution in [3.63, 3.8) is 0 Å². The highest BCUT2D eigenvalue weighted by molar-refractivity contribution is 6.07. The second-order valence-corrected chi connectivity index (χ2v) is 7.62. The van der Waals surface area contributed by atoms with Crippen molar-refractivity contribution in [2.45, 2.75) is 20.4 Å². The van der Waals surface area contributed by atoms with Gasteiger partial charge in [-0.3, -0.25) is 9.59 Å². The van der Waals surface area contributed by atoms with E-state index in [2.05, 4.69) is 4.98 Å². The molecular weight excluding hydrogens is 388 g/mol. The number of ether oxygens (including phenoxy) is 1. The van der Waals surface area contributed by atoms with Crippen LogP contribution < -0.4 is 15.2 Å². The number of benzene rings is 3. The number of methoxy groups -OCH3 is 1. The third-order valence-corrected chi connectivity index (χ3v) is 5.41. The number of H-pyrrole nitrogens is 1. The molecule has 0 fully saturated rings. The van der Waals surface area contributed by atoms with Gasteiger partial charge in [0.05, 0.1) is 13.7 Å². The van der Waals surface area contributed by atoms with E-state index in [1.807, 2.05) is 74.5 Å². The average molecular weight is 412 g/mol.